The molecule has 4 nitrogen and oxygen atoms in total. The Bertz CT molecular complexity index is 2070. The van der Waals surface area contributed by atoms with Gasteiger partial charge in [0.2, 0.25) is 11.3 Å². The Hall–Kier alpha value is -6.28. The van der Waals surface area contributed by atoms with Crippen LogP contribution in [0.4, 0.5) is 17.6 Å². The average molecular weight is 663 g/mol. The van der Waals surface area contributed by atoms with Crippen molar-refractivity contribution in [3.63, 3.8) is 0 Å². The van der Waals surface area contributed by atoms with Crippen LogP contribution in [0.1, 0.15) is 33.4 Å². The summed E-state index contributed by atoms with van der Waals surface area (Å²) >= 11 is 0. The van der Waals surface area contributed by atoms with E-state index in [4.69, 9.17) is 20.0 Å². The van der Waals surface area contributed by atoms with Gasteiger partial charge in [-0.15, -0.1) is 0 Å². The minimum absolute atomic E-state index is 0.198. The Kier molecular flexibility index (Phi) is 7.64. The van der Waals surface area contributed by atoms with Gasteiger partial charge in [0.1, 0.15) is 23.3 Å². The maximum absolute atomic E-state index is 16.5. The summed E-state index contributed by atoms with van der Waals surface area (Å²) in [7, 11) is 0. The van der Waals surface area contributed by atoms with E-state index in [9.17, 15) is 8.78 Å². The van der Waals surface area contributed by atoms with E-state index >= 15 is 8.78 Å². The van der Waals surface area contributed by atoms with E-state index < -0.39 is 34.6 Å². The van der Waals surface area contributed by atoms with Gasteiger partial charge in [-0.05, 0) is 24.3 Å². The van der Waals surface area contributed by atoms with Crippen molar-refractivity contribution >= 4 is 22.8 Å². The average Bonchev–Trinajstić information content (AvgIpc) is 3.76. The lowest BCUT2D eigenvalue weighted by molar-refractivity contribution is 0.241. The van der Waals surface area contributed by atoms with Crippen molar-refractivity contribution in [3.05, 3.63) is 214 Å². The second-order valence-corrected chi connectivity index (χ2v) is 11.9. The van der Waals surface area contributed by atoms with E-state index in [1.165, 1.54) is 12.1 Å². The second-order valence-electron chi connectivity index (χ2n) is 11.9. The van der Waals surface area contributed by atoms with Crippen LogP contribution in [0.2, 0.25) is 0 Å². The predicted molar refractivity (Wildman–Crippen MR) is 188 cm³/mol. The monoisotopic (exact) mass is 662 g/mol. The molecule has 2 heterocycles. The van der Waals surface area contributed by atoms with Crippen LogP contribution < -0.4 is 0 Å². The van der Waals surface area contributed by atoms with Crippen LogP contribution in [0.15, 0.2) is 178 Å². The normalized spacial score (nSPS) is 16.0. The number of rotatable bonds is 7. The minimum Gasteiger partial charge on any atom is -0.243 e. The van der Waals surface area contributed by atoms with Crippen molar-refractivity contribution in [2.24, 2.45) is 20.0 Å². The summed E-state index contributed by atoms with van der Waals surface area (Å²) in [6, 6.07) is 42.9. The summed E-state index contributed by atoms with van der Waals surface area (Å²) in [5, 5.41) is 0. The molecule has 0 atom stereocenters. The Balaban J connectivity index is 1.57. The molecule has 0 unspecified atom stereocenters. The van der Waals surface area contributed by atoms with Crippen LogP contribution in [-0.2, 0) is 11.3 Å². The van der Waals surface area contributed by atoms with Gasteiger partial charge in [-0.2, -0.15) is 0 Å². The highest BCUT2D eigenvalue weighted by atomic mass is 19.1. The molecule has 0 aliphatic carbocycles. The zero-order valence-corrected chi connectivity index (χ0v) is 26.3. The van der Waals surface area contributed by atoms with E-state index in [0.717, 1.165) is 24.3 Å². The van der Waals surface area contributed by atoms with Gasteiger partial charge in [-0.1, -0.05) is 121 Å². The molecular formula is C42H26F4N4. The maximum atomic E-state index is 16.5. The molecule has 2 aliphatic rings. The molecule has 0 bridgehead atoms. The fourth-order valence-corrected chi connectivity index (χ4v) is 6.57. The number of benzene rings is 6. The molecule has 6 aromatic carbocycles. The number of hydrogen-bond acceptors (Lipinski definition) is 4. The fraction of sp³-hybridized carbons (Fsp3) is 0.0476. The lowest BCUT2D eigenvalue weighted by atomic mass is 9.81. The molecule has 2 aliphatic heterocycles. The topological polar surface area (TPSA) is 49.4 Å². The Morgan fingerprint density at radius 3 is 0.820 bits per heavy atom. The van der Waals surface area contributed by atoms with Crippen molar-refractivity contribution < 1.29 is 17.6 Å². The summed E-state index contributed by atoms with van der Waals surface area (Å²) < 4.78 is 62.3. The van der Waals surface area contributed by atoms with Crippen LogP contribution in [0, 0.1) is 23.3 Å². The van der Waals surface area contributed by atoms with Gasteiger partial charge in [0.15, 0.2) is 0 Å². The number of halogens is 4. The van der Waals surface area contributed by atoms with E-state index in [1.54, 1.807) is 0 Å². The zero-order valence-electron chi connectivity index (χ0n) is 26.3. The van der Waals surface area contributed by atoms with Gasteiger partial charge in [-0.3, -0.25) is 0 Å². The highest BCUT2D eigenvalue weighted by Gasteiger charge is 2.62. The van der Waals surface area contributed by atoms with Crippen molar-refractivity contribution in [1.82, 2.24) is 0 Å². The molecule has 0 fully saturated rings. The number of hydrogen-bond donors (Lipinski definition) is 0. The summed E-state index contributed by atoms with van der Waals surface area (Å²) in [6.07, 6.45) is 0. The third-order valence-corrected chi connectivity index (χ3v) is 8.83. The maximum Gasteiger partial charge on any atom is 0.229 e. The first-order valence-electron chi connectivity index (χ1n) is 15.9. The largest absolute Gasteiger partial charge is 0.243 e. The SMILES string of the molecule is Fc1ccc(C2(C3(c4ccc(F)cc4F)N=C(c4ccccc4)C(c4ccccc4)=N3)N=C(c3ccccc3)C(c3ccccc3)=N2)c(F)c1. The van der Waals surface area contributed by atoms with Crippen molar-refractivity contribution in [2.45, 2.75) is 11.3 Å². The first-order chi connectivity index (χ1) is 24.4. The molecule has 0 amide bonds. The van der Waals surface area contributed by atoms with E-state index in [-0.39, 0.29) is 11.1 Å². The molecular weight excluding hydrogens is 636 g/mol. The molecule has 0 aromatic heterocycles. The van der Waals surface area contributed by atoms with Crippen molar-refractivity contribution in [3.8, 4) is 0 Å². The quantitative estimate of drug-likeness (QED) is 0.153. The molecule has 0 spiro atoms. The number of nitrogens with zero attached hydrogens (tertiary/aromatic N) is 4. The molecule has 0 radical (unpaired) electrons. The third kappa shape index (κ3) is 5.08. The molecule has 50 heavy (non-hydrogen) atoms. The molecule has 242 valence electrons. The van der Waals surface area contributed by atoms with E-state index in [1.807, 2.05) is 121 Å². The van der Waals surface area contributed by atoms with E-state index in [2.05, 4.69) is 0 Å². The van der Waals surface area contributed by atoms with Gasteiger partial charge in [0.25, 0.3) is 0 Å². The molecule has 8 rings (SSSR count). The smallest absolute Gasteiger partial charge is 0.229 e. The molecule has 0 N–H and O–H groups in total. The van der Waals surface area contributed by atoms with Crippen LogP contribution in [0.3, 0.4) is 0 Å². The van der Waals surface area contributed by atoms with Crippen molar-refractivity contribution in [1.29, 1.82) is 0 Å². The molecule has 6 aromatic rings. The zero-order chi connectivity index (χ0) is 34.3. The van der Waals surface area contributed by atoms with Crippen LogP contribution in [0.5, 0.6) is 0 Å². The highest BCUT2D eigenvalue weighted by Crippen LogP contribution is 2.55. The van der Waals surface area contributed by atoms with Crippen molar-refractivity contribution in [2.75, 3.05) is 0 Å². The Labute approximate surface area is 285 Å². The van der Waals surface area contributed by atoms with Crippen LogP contribution >= 0.6 is 0 Å². The molecule has 8 heteroatoms. The van der Waals surface area contributed by atoms with Crippen LogP contribution in [-0.4, -0.2) is 22.8 Å². The Morgan fingerprint density at radius 1 is 0.320 bits per heavy atom. The lowest BCUT2D eigenvalue weighted by Crippen LogP contribution is -2.44. The van der Waals surface area contributed by atoms with E-state index in [0.29, 0.717) is 45.1 Å². The van der Waals surface area contributed by atoms with Gasteiger partial charge >= 0.3 is 0 Å². The molecule has 0 saturated carbocycles. The van der Waals surface area contributed by atoms with Crippen LogP contribution in [0.25, 0.3) is 0 Å². The van der Waals surface area contributed by atoms with Gasteiger partial charge in [-0.25, -0.2) is 37.5 Å². The van der Waals surface area contributed by atoms with Gasteiger partial charge in [0, 0.05) is 45.5 Å². The first kappa shape index (κ1) is 31.0. The highest BCUT2D eigenvalue weighted by molar-refractivity contribution is 6.55. The number of aliphatic imine (C=N–C) groups is 4. The van der Waals surface area contributed by atoms with Gasteiger partial charge in [0.05, 0.1) is 22.8 Å². The minimum atomic E-state index is -2.20. The standard InChI is InChI=1S/C42H26F4N4/c43-31-21-23-33(35(45)25-31)41(47-37(27-13-5-1-6-14-27)38(48-41)28-15-7-2-8-16-28)42(34-24-22-32(44)26-36(34)46)49-39(29-17-9-3-10-18-29)40(50-42)30-19-11-4-12-20-30/h1-26H. The summed E-state index contributed by atoms with van der Waals surface area (Å²) in [4.78, 5) is 20.9. The molecule has 0 saturated heterocycles. The fourth-order valence-electron chi connectivity index (χ4n) is 6.57. The Morgan fingerprint density at radius 2 is 0.580 bits per heavy atom. The summed E-state index contributed by atoms with van der Waals surface area (Å²) in [6.45, 7) is 0. The first-order valence-corrected chi connectivity index (χ1v) is 15.9. The van der Waals surface area contributed by atoms with Gasteiger partial charge < -0.3 is 0 Å². The third-order valence-electron chi connectivity index (χ3n) is 8.83. The summed E-state index contributed by atoms with van der Waals surface area (Å²) in [5.74, 6) is -3.62. The lowest BCUT2D eigenvalue weighted by Gasteiger charge is -2.38. The summed E-state index contributed by atoms with van der Waals surface area (Å²) in [5.41, 5.74) is -0.759. The second kappa shape index (κ2) is 12.3. The predicted octanol–water partition coefficient (Wildman–Crippen LogP) is 9.23.